The van der Waals surface area contributed by atoms with Crippen molar-refractivity contribution < 1.29 is 44.5 Å². The number of rotatable bonds is 18. The molecule has 0 aliphatic carbocycles. The molecular weight excluding hydrogens is 420 g/mol. The molecule has 190 valence electrons. The molecule has 1 aliphatic heterocycles. The fraction of sp³-hybridized carbons (Fsp3) is 0.957. The molecule has 0 aromatic carbocycles. The highest BCUT2D eigenvalue weighted by molar-refractivity contribution is 5.69. The Morgan fingerprint density at radius 2 is 1.41 bits per heavy atom. The largest absolute Gasteiger partial charge is 0.463 e. The normalized spacial score (nSPS) is 26.8. The first-order chi connectivity index (χ1) is 15.4. The lowest BCUT2D eigenvalue weighted by molar-refractivity contribution is -0.305. The Bertz CT molecular complexity index is 474. The molecule has 0 amide bonds. The van der Waals surface area contributed by atoms with Crippen molar-refractivity contribution >= 4 is 5.97 Å². The van der Waals surface area contributed by atoms with Gasteiger partial charge in [0.15, 0.2) is 6.29 Å². The van der Waals surface area contributed by atoms with Crippen LogP contribution in [0, 0.1) is 0 Å². The van der Waals surface area contributed by atoms with Gasteiger partial charge in [-0.2, -0.15) is 0 Å². The Labute approximate surface area is 191 Å². The maximum absolute atomic E-state index is 11.8. The van der Waals surface area contributed by atoms with Crippen LogP contribution >= 0.6 is 0 Å². The third-order valence-electron chi connectivity index (χ3n) is 5.72. The van der Waals surface area contributed by atoms with Crippen molar-refractivity contribution in [2.45, 2.75) is 121 Å². The van der Waals surface area contributed by atoms with Gasteiger partial charge in [-0.05, 0) is 6.42 Å². The van der Waals surface area contributed by atoms with Crippen LogP contribution in [0.3, 0.4) is 0 Å². The lowest BCUT2D eigenvalue weighted by Crippen LogP contribution is -2.59. The maximum atomic E-state index is 11.8. The summed E-state index contributed by atoms with van der Waals surface area (Å²) in [6.45, 7) is 1.09. The van der Waals surface area contributed by atoms with Crippen LogP contribution in [0.5, 0.6) is 0 Å². The molecule has 1 heterocycles. The van der Waals surface area contributed by atoms with Crippen molar-refractivity contribution in [2.24, 2.45) is 0 Å². The number of unbranched alkanes of at least 4 members (excludes halogenated alkanes) is 10. The fourth-order valence-electron chi connectivity index (χ4n) is 3.65. The molecule has 0 spiro atoms. The third kappa shape index (κ3) is 11.9. The van der Waals surface area contributed by atoms with Crippen LogP contribution in [0.1, 0.15) is 84.0 Å². The molecule has 0 aromatic rings. The summed E-state index contributed by atoms with van der Waals surface area (Å²) in [7, 11) is 0. The van der Waals surface area contributed by atoms with Gasteiger partial charge in [-0.15, -0.1) is 0 Å². The van der Waals surface area contributed by atoms with Gasteiger partial charge in [0.25, 0.3) is 0 Å². The minimum absolute atomic E-state index is 0.256. The van der Waals surface area contributed by atoms with E-state index in [2.05, 4.69) is 6.92 Å². The molecular formula is C23H44O9. The van der Waals surface area contributed by atoms with E-state index >= 15 is 0 Å². The topological polar surface area (TPSA) is 146 Å². The number of ether oxygens (including phenoxy) is 3. The lowest BCUT2D eigenvalue weighted by atomic mass is 9.99. The number of carbonyl (C=O) groups is 1. The van der Waals surface area contributed by atoms with E-state index in [9.17, 15) is 25.2 Å². The zero-order valence-corrected chi connectivity index (χ0v) is 19.4. The standard InChI is InChI=1S/C23H44O9/c1-2-3-4-5-6-7-8-9-10-11-12-13-19(26)30-15-17(25)16-31-23-22(29)21(28)20(27)18(14-24)32-23/h17-18,20-25,27-29H,2-16H2,1H3/t17?,18?,20-,21+,22?,23+/m0/s1. The van der Waals surface area contributed by atoms with E-state index < -0.39 is 43.4 Å². The molecule has 0 radical (unpaired) electrons. The highest BCUT2D eigenvalue weighted by Crippen LogP contribution is 2.22. The summed E-state index contributed by atoms with van der Waals surface area (Å²) >= 11 is 0. The first-order valence-electron chi connectivity index (χ1n) is 12.2. The van der Waals surface area contributed by atoms with Gasteiger partial charge in [-0.3, -0.25) is 4.79 Å². The molecule has 9 heteroatoms. The molecule has 6 atom stereocenters. The van der Waals surface area contributed by atoms with Gasteiger partial charge in [0.1, 0.15) is 37.1 Å². The Kier molecular flexibility index (Phi) is 16.1. The molecule has 0 saturated carbocycles. The van der Waals surface area contributed by atoms with Crippen LogP contribution in [0.15, 0.2) is 0 Å². The van der Waals surface area contributed by atoms with E-state index in [1.54, 1.807) is 0 Å². The third-order valence-corrected chi connectivity index (χ3v) is 5.72. The number of hydrogen-bond donors (Lipinski definition) is 5. The predicted molar refractivity (Wildman–Crippen MR) is 118 cm³/mol. The summed E-state index contributed by atoms with van der Waals surface area (Å²) in [6, 6.07) is 0. The molecule has 0 aromatic heterocycles. The zero-order chi connectivity index (χ0) is 23.8. The van der Waals surface area contributed by atoms with Gasteiger partial charge in [0.2, 0.25) is 0 Å². The Morgan fingerprint density at radius 1 is 0.844 bits per heavy atom. The van der Waals surface area contributed by atoms with Crippen molar-refractivity contribution in [2.75, 3.05) is 19.8 Å². The van der Waals surface area contributed by atoms with E-state index in [-0.39, 0.29) is 19.2 Å². The molecule has 1 rings (SSSR count). The van der Waals surface area contributed by atoms with Crippen LogP contribution in [-0.2, 0) is 19.0 Å². The Balaban J connectivity index is 2.03. The molecule has 32 heavy (non-hydrogen) atoms. The van der Waals surface area contributed by atoms with E-state index in [0.29, 0.717) is 6.42 Å². The van der Waals surface area contributed by atoms with Crippen molar-refractivity contribution in [1.82, 2.24) is 0 Å². The first-order valence-corrected chi connectivity index (χ1v) is 12.2. The second-order valence-corrected chi connectivity index (χ2v) is 8.65. The summed E-state index contributed by atoms with van der Waals surface area (Å²) in [5.41, 5.74) is 0. The monoisotopic (exact) mass is 464 g/mol. The number of esters is 1. The van der Waals surface area contributed by atoms with Crippen LogP contribution in [0.2, 0.25) is 0 Å². The van der Waals surface area contributed by atoms with Crippen LogP contribution in [0.4, 0.5) is 0 Å². The fourth-order valence-corrected chi connectivity index (χ4v) is 3.65. The van der Waals surface area contributed by atoms with Gasteiger partial charge in [0.05, 0.1) is 13.2 Å². The van der Waals surface area contributed by atoms with Crippen molar-refractivity contribution in [3.8, 4) is 0 Å². The van der Waals surface area contributed by atoms with Crippen molar-refractivity contribution in [3.63, 3.8) is 0 Å². The van der Waals surface area contributed by atoms with E-state index in [4.69, 9.17) is 19.3 Å². The number of carbonyl (C=O) groups excluding carboxylic acids is 1. The maximum Gasteiger partial charge on any atom is 0.305 e. The zero-order valence-electron chi connectivity index (χ0n) is 19.4. The van der Waals surface area contributed by atoms with Crippen molar-refractivity contribution in [3.05, 3.63) is 0 Å². The summed E-state index contributed by atoms with van der Waals surface area (Å²) in [4.78, 5) is 11.8. The highest BCUT2D eigenvalue weighted by Gasteiger charge is 2.44. The lowest BCUT2D eigenvalue weighted by Gasteiger charge is -2.39. The quantitative estimate of drug-likeness (QED) is 0.150. The number of hydrogen-bond acceptors (Lipinski definition) is 9. The summed E-state index contributed by atoms with van der Waals surface area (Å²) in [6.07, 6.45) is 5.36. The van der Waals surface area contributed by atoms with Gasteiger partial charge in [-0.25, -0.2) is 0 Å². The molecule has 1 fully saturated rings. The Hall–Kier alpha value is -0.810. The van der Waals surface area contributed by atoms with Gasteiger partial charge >= 0.3 is 5.97 Å². The number of aliphatic hydroxyl groups is 5. The summed E-state index contributed by atoms with van der Waals surface area (Å²) < 4.78 is 15.4. The molecule has 1 aliphatic rings. The summed E-state index contributed by atoms with van der Waals surface area (Å²) in [5, 5.41) is 48.4. The summed E-state index contributed by atoms with van der Waals surface area (Å²) in [5.74, 6) is -0.382. The second-order valence-electron chi connectivity index (χ2n) is 8.65. The molecule has 1 saturated heterocycles. The van der Waals surface area contributed by atoms with Crippen LogP contribution in [0.25, 0.3) is 0 Å². The van der Waals surface area contributed by atoms with E-state index in [0.717, 1.165) is 19.3 Å². The molecule has 9 nitrogen and oxygen atoms in total. The van der Waals surface area contributed by atoms with E-state index in [1.807, 2.05) is 0 Å². The average molecular weight is 465 g/mol. The highest BCUT2D eigenvalue weighted by atomic mass is 16.7. The van der Waals surface area contributed by atoms with Crippen molar-refractivity contribution in [1.29, 1.82) is 0 Å². The first kappa shape index (κ1) is 29.2. The Morgan fingerprint density at radius 3 is 1.97 bits per heavy atom. The SMILES string of the molecule is CCCCCCCCCCCCCC(=O)OCC(O)CO[C@@H]1OC(CO)[C@H](O)[C@@H](O)C1O. The predicted octanol–water partition coefficient (Wildman–Crippen LogP) is 1.41. The molecule has 5 N–H and O–H groups in total. The van der Waals surface area contributed by atoms with Crippen LogP contribution < -0.4 is 0 Å². The average Bonchev–Trinajstić information content (AvgIpc) is 2.79. The van der Waals surface area contributed by atoms with Gasteiger partial charge in [-0.1, -0.05) is 71.1 Å². The second kappa shape index (κ2) is 17.6. The molecule has 3 unspecified atom stereocenters. The number of aliphatic hydroxyl groups excluding tert-OH is 5. The van der Waals surface area contributed by atoms with Crippen LogP contribution in [-0.4, -0.2) is 88.1 Å². The minimum Gasteiger partial charge on any atom is -0.463 e. The molecule has 0 bridgehead atoms. The smallest absolute Gasteiger partial charge is 0.305 e. The van der Waals surface area contributed by atoms with Gasteiger partial charge in [0, 0.05) is 6.42 Å². The van der Waals surface area contributed by atoms with Gasteiger partial charge < -0.3 is 39.7 Å². The van der Waals surface area contributed by atoms with E-state index in [1.165, 1.54) is 51.4 Å². The minimum atomic E-state index is -1.55.